The van der Waals surface area contributed by atoms with Gasteiger partial charge in [0.2, 0.25) is 5.75 Å². The first-order chi connectivity index (χ1) is 11.1. The lowest BCUT2D eigenvalue weighted by molar-refractivity contribution is 0.104. The van der Waals surface area contributed by atoms with Crippen LogP contribution in [0.1, 0.15) is 15.9 Å². The Balaban J connectivity index is 2.27. The fraction of sp³-hybridized carbons (Fsp3) is 0.167. The molecule has 2 aromatic rings. The van der Waals surface area contributed by atoms with Crippen molar-refractivity contribution in [1.29, 1.82) is 0 Å². The fourth-order valence-electron chi connectivity index (χ4n) is 2.10. The van der Waals surface area contributed by atoms with E-state index in [4.69, 9.17) is 14.2 Å². The van der Waals surface area contributed by atoms with Gasteiger partial charge in [-0.3, -0.25) is 4.79 Å². The molecule has 1 N–H and O–H groups in total. The average Bonchev–Trinajstić information content (AvgIpc) is 2.60. The van der Waals surface area contributed by atoms with Gasteiger partial charge in [0.1, 0.15) is 5.75 Å². The van der Waals surface area contributed by atoms with E-state index in [1.54, 1.807) is 43.5 Å². The molecule has 0 unspecified atom stereocenters. The van der Waals surface area contributed by atoms with Crippen LogP contribution in [0.5, 0.6) is 23.0 Å². The molecule has 0 amide bonds. The second kappa shape index (κ2) is 7.35. The number of hydrogen-bond acceptors (Lipinski definition) is 5. The third-order valence-corrected chi connectivity index (χ3v) is 3.32. The van der Waals surface area contributed by atoms with Gasteiger partial charge in [0.15, 0.2) is 17.3 Å². The van der Waals surface area contributed by atoms with Gasteiger partial charge < -0.3 is 19.3 Å². The molecule has 0 aliphatic heterocycles. The SMILES string of the molecule is COc1cccc(C(=O)C=Cc2ccc(OC)c(OC)c2O)c1. The molecule has 0 aliphatic rings. The van der Waals surface area contributed by atoms with E-state index >= 15 is 0 Å². The first-order valence-corrected chi connectivity index (χ1v) is 6.91. The Labute approximate surface area is 134 Å². The predicted molar refractivity (Wildman–Crippen MR) is 87.6 cm³/mol. The molecule has 0 saturated heterocycles. The lowest BCUT2D eigenvalue weighted by Crippen LogP contribution is -1.95. The maximum atomic E-state index is 12.2. The van der Waals surface area contributed by atoms with Crippen LogP contribution in [0.15, 0.2) is 42.5 Å². The van der Waals surface area contributed by atoms with Crippen LogP contribution in [0.3, 0.4) is 0 Å². The number of carbonyl (C=O) groups is 1. The van der Waals surface area contributed by atoms with Crippen LogP contribution in [-0.2, 0) is 0 Å². The summed E-state index contributed by atoms with van der Waals surface area (Å²) in [6, 6.07) is 10.2. The monoisotopic (exact) mass is 314 g/mol. The summed E-state index contributed by atoms with van der Waals surface area (Å²) in [5.74, 6) is 0.975. The summed E-state index contributed by atoms with van der Waals surface area (Å²) < 4.78 is 15.3. The Kier molecular flexibility index (Phi) is 5.25. The zero-order chi connectivity index (χ0) is 16.8. The number of ketones is 1. The summed E-state index contributed by atoms with van der Waals surface area (Å²) in [5.41, 5.74) is 0.958. The molecule has 0 aromatic heterocycles. The number of hydrogen-bond donors (Lipinski definition) is 1. The Hall–Kier alpha value is -2.95. The topological polar surface area (TPSA) is 65.0 Å². The number of benzene rings is 2. The van der Waals surface area contributed by atoms with Crippen LogP contribution >= 0.6 is 0 Å². The van der Waals surface area contributed by atoms with Crippen molar-refractivity contribution in [3.8, 4) is 23.0 Å². The summed E-state index contributed by atoms with van der Waals surface area (Å²) in [4.78, 5) is 12.2. The van der Waals surface area contributed by atoms with Crippen molar-refractivity contribution < 1.29 is 24.1 Å². The minimum absolute atomic E-state index is 0.0819. The highest BCUT2D eigenvalue weighted by atomic mass is 16.5. The lowest BCUT2D eigenvalue weighted by Gasteiger charge is -2.10. The van der Waals surface area contributed by atoms with E-state index in [0.717, 1.165) is 0 Å². The summed E-state index contributed by atoms with van der Waals surface area (Å²) in [7, 11) is 4.46. The van der Waals surface area contributed by atoms with E-state index in [-0.39, 0.29) is 17.3 Å². The van der Waals surface area contributed by atoms with E-state index in [2.05, 4.69) is 0 Å². The van der Waals surface area contributed by atoms with Crippen LogP contribution in [0.25, 0.3) is 6.08 Å². The molecule has 0 aliphatic carbocycles. The Bertz CT molecular complexity index is 734. The highest BCUT2D eigenvalue weighted by Gasteiger charge is 2.12. The predicted octanol–water partition coefficient (Wildman–Crippen LogP) is 3.31. The number of aromatic hydroxyl groups is 1. The van der Waals surface area contributed by atoms with Crippen molar-refractivity contribution in [2.24, 2.45) is 0 Å². The lowest BCUT2D eigenvalue weighted by atomic mass is 10.1. The molecule has 0 saturated carbocycles. The highest BCUT2D eigenvalue weighted by Crippen LogP contribution is 2.39. The van der Waals surface area contributed by atoms with Crippen LogP contribution in [0, 0.1) is 0 Å². The van der Waals surface area contributed by atoms with Crippen LogP contribution in [0.2, 0.25) is 0 Å². The number of rotatable bonds is 6. The van der Waals surface area contributed by atoms with Crippen molar-refractivity contribution in [2.45, 2.75) is 0 Å². The quantitative estimate of drug-likeness (QED) is 0.654. The van der Waals surface area contributed by atoms with Crippen molar-refractivity contribution in [3.05, 3.63) is 53.6 Å². The Morgan fingerprint density at radius 1 is 1.04 bits per heavy atom. The van der Waals surface area contributed by atoms with E-state index in [0.29, 0.717) is 22.6 Å². The minimum Gasteiger partial charge on any atom is -0.504 e. The zero-order valence-electron chi connectivity index (χ0n) is 13.2. The van der Waals surface area contributed by atoms with E-state index in [9.17, 15) is 9.90 Å². The molecule has 2 rings (SSSR count). The first-order valence-electron chi connectivity index (χ1n) is 6.91. The van der Waals surface area contributed by atoms with Crippen molar-refractivity contribution in [3.63, 3.8) is 0 Å². The summed E-state index contributed by atoms with van der Waals surface area (Å²) in [6.07, 6.45) is 2.91. The third-order valence-electron chi connectivity index (χ3n) is 3.32. The second-order valence-electron chi connectivity index (χ2n) is 4.67. The van der Waals surface area contributed by atoms with Gasteiger partial charge in [0, 0.05) is 11.1 Å². The van der Waals surface area contributed by atoms with E-state index in [1.807, 2.05) is 0 Å². The van der Waals surface area contributed by atoms with Gasteiger partial charge in [-0.2, -0.15) is 0 Å². The summed E-state index contributed by atoms with van der Waals surface area (Å²) in [5, 5.41) is 10.2. The fourth-order valence-corrected chi connectivity index (χ4v) is 2.10. The molecular weight excluding hydrogens is 296 g/mol. The normalized spacial score (nSPS) is 10.6. The van der Waals surface area contributed by atoms with E-state index in [1.165, 1.54) is 26.4 Å². The van der Waals surface area contributed by atoms with Crippen LogP contribution < -0.4 is 14.2 Å². The van der Waals surface area contributed by atoms with Crippen LogP contribution in [-0.4, -0.2) is 32.2 Å². The maximum Gasteiger partial charge on any atom is 0.203 e. The molecule has 0 spiro atoms. The number of ether oxygens (including phenoxy) is 3. The van der Waals surface area contributed by atoms with Gasteiger partial charge in [-0.05, 0) is 36.4 Å². The molecule has 5 heteroatoms. The second-order valence-corrected chi connectivity index (χ2v) is 4.67. The minimum atomic E-state index is -0.196. The molecule has 0 bridgehead atoms. The average molecular weight is 314 g/mol. The molecule has 5 nitrogen and oxygen atoms in total. The molecule has 0 atom stereocenters. The smallest absolute Gasteiger partial charge is 0.203 e. The molecule has 0 radical (unpaired) electrons. The molecule has 120 valence electrons. The van der Waals surface area contributed by atoms with Crippen molar-refractivity contribution in [1.82, 2.24) is 0 Å². The van der Waals surface area contributed by atoms with Crippen LogP contribution in [0.4, 0.5) is 0 Å². The van der Waals surface area contributed by atoms with Gasteiger partial charge in [0.05, 0.1) is 21.3 Å². The summed E-state index contributed by atoms with van der Waals surface area (Å²) in [6.45, 7) is 0. The Morgan fingerprint density at radius 2 is 1.83 bits per heavy atom. The molecule has 0 fully saturated rings. The van der Waals surface area contributed by atoms with Gasteiger partial charge in [-0.1, -0.05) is 12.1 Å². The number of phenolic OH excluding ortho intramolecular Hbond substituents is 1. The van der Waals surface area contributed by atoms with Crippen molar-refractivity contribution >= 4 is 11.9 Å². The standard InChI is InChI=1S/C18H18O5/c1-21-14-6-4-5-13(11-14)15(19)9-7-12-8-10-16(22-2)18(23-3)17(12)20/h4-11,20H,1-3H3. The highest BCUT2D eigenvalue weighted by molar-refractivity contribution is 6.07. The Morgan fingerprint density at radius 3 is 2.48 bits per heavy atom. The molecule has 0 heterocycles. The largest absolute Gasteiger partial charge is 0.504 e. The number of allylic oxidation sites excluding steroid dienone is 1. The van der Waals surface area contributed by atoms with Gasteiger partial charge in [-0.15, -0.1) is 0 Å². The molecular formula is C18H18O5. The van der Waals surface area contributed by atoms with Gasteiger partial charge >= 0.3 is 0 Å². The van der Waals surface area contributed by atoms with Crippen molar-refractivity contribution in [2.75, 3.05) is 21.3 Å². The molecule has 2 aromatic carbocycles. The number of phenols is 1. The molecule has 23 heavy (non-hydrogen) atoms. The van der Waals surface area contributed by atoms with E-state index < -0.39 is 0 Å². The third kappa shape index (κ3) is 3.63. The summed E-state index contributed by atoms with van der Waals surface area (Å²) >= 11 is 0. The maximum absolute atomic E-state index is 12.2. The zero-order valence-corrected chi connectivity index (χ0v) is 13.2. The van der Waals surface area contributed by atoms with Gasteiger partial charge in [-0.25, -0.2) is 0 Å². The number of methoxy groups -OCH3 is 3. The number of carbonyl (C=O) groups excluding carboxylic acids is 1. The first kappa shape index (κ1) is 16.4. The van der Waals surface area contributed by atoms with Gasteiger partial charge in [0.25, 0.3) is 0 Å².